The van der Waals surface area contributed by atoms with Crippen molar-refractivity contribution in [3.05, 3.63) is 59.2 Å². The highest BCUT2D eigenvalue weighted by molar-refractivity contribution is 6.33. The van der Waals surface area contributed by atoms with Crippen molar-refractivity contribution < 1.29 is 9.32 Å². The summed E-state index contributed by atoms with van der Waals surface area (Å²) in [5.74, 6) is 1.33. The third kappa shape index (κ3) is 3.99. The molecule has 0 radical (unpaired) electrons. The van der Waals surface area contributed by atoms with Gasteiger partial charge in [0.05, 0.1) is 10.7 Å². The van der Waals surface area contributed by atoms with Gasteiger partial charge in [-0.3, -0.25) is 4.98 Å². The topological polar surface area (TPSA) is 84.2 Å². The number of nitrogens with one attached hydrogen (secondary N) is 1. The fourth-order valence-corrected chi connectivity index (χ4v) is 3.44. The maximum Gasteiger partial charge on any atom is 0.321 e. The lowest BCUT2D eigenvalue weighted by atomic mass is 9.97. The molecule has 28 heavy (non-hydrogen) atoms. The molecule has 8 heteroatoms. The third-order valence-electron chi connectivity index (χ3n) is 4.88. The molecule has 4 rings (SSSR count). The van der Waals surface area contributed by atoms with Gasteiger partial charge in [0.25, 0.3) is 0 Å². The summed E-state index contributed by atoms with van der Waals surface area (Å²) in [6, 6.07) is 9.11. The molecule has 0 aliphatic carbocycles. The number of carbonyl (C=O) groups excluding carboxylic acids is 1. The molecule has 2 amide bonds. The number of hydrogen-bond donors (Lipinski definition) is 1. The van der Waals surface area contributed by atoms with E-state index >= 15 is 0 Å². The van der Waals surface area contributed by atoms with Crippen molar-refractivity contribution in [3.63, 3.8) is 0 Å². The molecule has 7 nitrogen and oxygen atoms in total. The Kier molecular flexibility index (Phi) is 5.25. The monoisotopic (exact) mass is 397 g/mol. The van der Waals surface area contributed by atoms with E-state index in [1.807, 2.05) is 31.2 Å². The number of hydrogen-bond acceptors (Lipinski definition) is 5. The minimum absolute atomic E-state index is 0.144. The molecule has 1 fully saturated rings. The predicted octanol–water partition coefficient (Wildman–Crippen LogP) is 4.50. The molecule has 0 atom stereocenters. The van der Waals surface area contributed by atoms with Crippen LogP contribution in [0.2, 0.25) is 5.02 Å². The number of urea groups is 1. The Hall–Kier alpha value is -2.93. The van der Waals surface area contributed by atoms with Crippen LogP contribution in [0.1, 0.15) is 30.2 Å². The quantitative estimate of drug-likeness (QED) is 0.703. The second-order valence-corrected chi connectivity index (χ2v) is 7.27. The summed E-state index contributed by atoms with van der Waals surface area (Å²) in [6.45, 7) is 3.20. The number of nitrogens with zero attached hydrogens (tertiary/aromatic N) is 4. The van der Waals surface area contributed by atoms with E-state index in [9.17, 15) is 4.79 Å². The number of aromatic nitrogens is 3. The molecule has 1 saturated heterocycles. The number of halogens is 1. The summed E-state index contributed by atoms with van der Waals surface area (Å²) < 4.78 is 5.46. The number of aryl methyl sites for hydroxylation is 1. The van der Waals surface area contributed by atoms with Gasteiger partial charge in [-0.2, -0.15) is 4.98 Å². The molecule has 3 aromatic rings. The fraction of sp³-hybridized carbons (Fsp3) is 0.300. The van der Waals surface area contributed by atoms with Gasteiger partial charge in [0.15, 0.2) is 0 Å². The van der Waals surface area contributed by atoms with Crippen LogP contribution >= 0.6 is 11.6 Å². The van der Waals surface area contributed by atoms with Gasteiger partial charge in [0.1, 0.15) is 0 Å². The fourth-order valence-electron chi connectivity index (χ4n) is 3.28. The zero-order chi connectivity index (χ0) is 19.5. The molecule has 0 saturated carbocycles. The molecule has 1 aliphatic heterocycles. The van der Waals surface area contributed by atoms with E-state index in [2.05, 4.69) is 20.4 Å². The van der Waals surface area contributed by atoms with Gasteiger partial charge in [-0.15, -0.1) is 0 Å². The highest BCUT2D eigenvalue weighted by Crippen LogP contribution is 2.29. The Morgan fingerprint density at radius 1 is 1.21 bits per heavy atom. The molecule has 1 aliphatic rings. The summed E-state index contributed by atoms with van der Waals surface area (Å²) in [7, 11) is 0. The normalized spacial score (nSPS) is 14.9. The van der Waals surface area contributed by atoms with E-state index in [4.69, 9.17) is 16.1 Å². The lowest BCUT2D eigenvalue weighted by molar-refractivity contribution is 0.187. The van der Waals surface area contributed by atoms with Crippen molar-refractivity contribution in [2.45, 2.75) is 25.7 Å². The van der Waals surface area contributed by atoms with Gasteiger partial charge in [0.2, 0.25) is 11.7 Å². The zero-order valence-electron chi connectivity index (χ0n) is 15.4. The summed E-state index contributed by atoms with van der Waals surface area (Å²) >= 11 is 6.17. The molecule has 1 aromatic carbocycles. The Bertz CT molecular complexity index is 968. The molecule has 0 bridgehead atoms. The van der Waals surface area contributed by atoms with Crippen LogP contribution in [0.15, 0.2) is 47.2 Å². The molecule has 3 heterocycles. The van der Waals surface area contributed by atoms with E-state index in [0.717, 1.165) is 24.0 Å². The van der Waals surface area contributed by atoms with Gasteiger partial charge in [0, 0.05) is 37.0 Å². The van der Waals surface area contributed by atoms with Gasteiger partial charge in [-0.25, -0.2) is 4.79 Å². The average Bonchev–Trinajstić information content (AvgIpc) is 3.22. The van der Waals surface area contributed by atoms with Crippen LogP contribution in [0.4, 0.5) is 10.5 Å². The van der Waals surface area contributed by atoms with Gasteiger partial charge >= 0.3 is 6.03 Å². The maximum absolute atomic E-state index is 12.6. The summed E-state index contributed by atoms with van der Waals surface area (Å²) in [5, 5.41) is 7.50. The highest BCUT2D eigenvalue weighted by atomic mass is 35.5. The number of likely N-dealkylation sites (tertiary alicyclic amines) is 1. The first kappa shape index (κ1) is 18.4. The van der Waals surface area contributed by atoms with Crippen LogP contribution in [0.5, 0.6) is 0 Å². The van der Waals surface area contributed by atoms with Gasteiger partial charge in [-0.05, 0) is 49.6 Å². The van der Waals surface area contributed by atoms with E-state index < -0.39 is 0 Å². The standard InChI is InChI=1S/C20H20ClN5O2/c1-13-2-3-16(21)17(12-13)23-20(27)26-10-6-15(7-11-26)19-24-18(25-28-19)14-4-8-22-9-5-14/h2-5,8-9,12,15H,6-7,10-11H2,1H3,(H,23,27). The molecule has 0 spiro atoms. The molecule has 144 valence electrons. The molecule has 0 unspecified atom stereocenters. The SMILES string of the molecule is Cc1ccc(Cl)c(NC(=O)N2CCC(c3nc(-c4ccncc4)no3)CC2)c1. The van der Waals surface area contributed by atoms with Gasteiger partial charge in [-0.1, -0.05) is 22.8 Å². The van der Waals surface area contributed by atoms with Crippen molar-refractivity contribution in [2.24, 2.45) is 0 Å². The first-order valence-electron chi connectivity index (χ1n) is 9.16. The second kappa shape index (κ2) is 7.98. The Balaban J connectivity index is 1.36. The third-order valence-corrected chi connectivity index (χ3v) is 5.20. The Morgan fingerprint density at radius 2 is 1.96 bits per heavy atom. The Morgan fingerprint density at radius 3 is 2.71 bits per heavy atom. The summed E-state index contributed by atoms with van der Waals surface area (Å²) in [4.78, 5) is 22.9. The van der Waals surface area contributed by atoms with Crippen LogP contribution in [0, 0.1) is 6.92 Å². The Labute approximate surface area is 167 Å². The van der Waals surface area contributed by atoms with Crippen molar-refractivity contribution in [3.8, 4) is 11.4 Å². The van der Waals surface area contributed by atoms with Crippen molar-refractivity contribution in [1.82, 2.24) is 20.0 Å². The summed E-state index contributed by atoms with van der Waals surface area (Å²) in [6.07, 6.45) is 4.94. The van der Waals surface area contributed by atoms with Crippen LogP contribution in [0.25, 0.3) is 11.4 Å². The number of piperidine rings is 1. The number of carbonyl (C=O) groups is 1. The second-order valence-electron chi connectivity index (χ2n) is 6.87. The van der Waals surface area contributed by atoms with E-state index in [1.54, 1.807) is 23.4 Å². The number of rotatable bonds is 3. The van der Waals surface area contributed by atoms with Gasteiger partial charge < -0.3 is 14.7 Å². The van der Waals surface area contributed by atoms with Crippen LogP contribution in [0.3, 0.4) is 0 Å². The predicted molar refractivity (Wildman–Crippen MR) is 106 cm³/mol. The number of anilines is 1. The first-order valence-corrected chi connectivity index (χ1v) is 9.54. The van der Waals surface area contributed by atoms with Crippen molar-refractivity contribution >= 4 is 23.3 Å². The van der Waals surface area contributed by atoms with Crippen LogP contribution in [-0.4, -0.2) is 39.1 Å². The summed E-state index contributed by atoms with van der Waals surface area (Å²) in [5.41, 5.74) is 2.55. The minimum Gasteiger partial charge on any atom is -0.339 e. The number of amides is 2. The minimum atomic E-state index is -0.144. The van der Waals surface area contributed by atoms with Crippen LogP contribution < -0.4 is 5.32 Å². The molecular formula is C20H20ClN5O2. The maximum atomic E-state index is 12.6. The van der Waals surface area contributed by atoms with E-state index in [0.29, 0.717) is 35.5 Å². The first-order chi connectivity index (χ1) is 13.6. The molecular weight excluding hydrogens is 378 g/mol. The van der Waals surface area contributed by atoms with E-state index in [-0.39, 0.29) is 11.9 Å². The lowest BCUT2D eigenvalue weighted by Gasteiger charge is -2.30. The van der Waals surface area contributed by atoms with E-state index in [1.165, 1.54) is 0 Å². The number of benzene rings is 1. The van der Waals surface area contributed by atoms with Crippen LogP contribution in [-0.2, 0) is 0 Å². The number of pyridine rings is 1. The molecule has 2 aromatic heterocycles. The van der Waals surface area contributed by atoms with Crippen molar-refractivity contribution in [1.29, 1.82) is 0 Å². The molecule has 1 N–H and O–H groups in total. The lowest BCUT2D eigenvalue weighted by Crippen LogP contribution is -2.40. The largest absolute Gasteiger partial charge is 0.339 e. The van der Waals surface area contributed by atoms with Crippen molar-refractivity contribution in [2.75, 3.05) is 18.4 Å². The highest BCUT2D eigenvalue weighted by Gasteiger charge is 2.28. The average molecular weight is 398 g/mol. The zero-order valence-corrected chi connectivity index (χ0v) is 16.2. The smallest absolute Gasteiger partial charge is 0.321 e.